The van der Waals surface area contributed by atoms with Crippen molar-refractivity contribution < 1.29 is 9.13 Å². The molecule has 0 aliphatic carbocycles. The summed E-state index contributed by atoms with van der Waals surface area (Å²) in [5, 5.41) is 0. The normalized spacial score (nSPS) is 10.8. The number of rotatable bonds is 4. The maximum Gasteiger partial charge on any atom is 0.172 e. The van der Waals surface area contributed by atoms with E-state index in [9.17, 15) is 4.39 Å². The molecule has 0 radical (unpaired) electrons. The van der Waals surface area contributed by atoms with Crippen molar-refractivity contribution in [3.8, 4) is 5.75 Å². The first-order chi connectivity index (χ1) is 6.79. The van der Waals surface area contributed by atoms with E-state index in [-0.39, 0.29) is 11.6 Å². The number of methoxy groups -OCH3 is 1. The molecule has 1 nitrogen and oxygen atoms in total. The lowest BCUT2D eigenvalue weighted by atomic mass is 10.2. The van der Waals surface area contributed by atoms with Gasteiger partial charge in [-0.2, -0.15) is 0 Å². The summed E-state index contributed by atoms with van der Waals surface area (Å²) < 4.78 is 18.3. The van der Waals surface area contributed by atoms with E-state index in [1.807, 2.05) is 6.08 Å². The molecule has 0 saturated heterocycles. The van der Waals surface area contributed by atoms with Gasteiger partial charge in [-0.1, -0.05) is 24.3 Å². The average molecular weight is 215 g/mol. The zero-order valence-electron chi connectivity index (χ0n) is 7.97. The molecule has 0 fully saturated rings. The third kappa shape index (κ3) is 2.74. The van der Waals surface area contributed by atoms with Crippen molar-refractivity contribution in [3.63, 3.8) is 0 Å². The van der Waals surface area contributed by atoms with Crippen LogP contribution in [0, 0.1) is 5.82 Å². The molecule has 0 bridgehead atoms. The number of benzene rings is 1. The molecular weight excluding hydrogens is 203 g/mol. The molecule has 0 unspecified atom stereocenters. The summed E-state index contributed by atoms with van der Waals surface area (Å²) in [6.45, 7) is 0. The van der Waals surface area contributed by atoms with Gasteiger partial charge in [-0.05, 0) is 12.5 Å². The molecule has 1 aromatic carbocycles. The zero-order valence-corrected chi connectivity index (χ0v) is 8.72. The number of alkyl halides is 1. The molecule has 76 valence electrons. The highest BCUT2D eigenvalue weighted by molar-refractivity contribution is 6.17. The minimum atomic E-state index is -0.333. The number of ether oxygens (including phenoxy) is 1. The molecule has 3 heteroatoms. The lowest BCUT2D eigenvalue weighted by Gasteiger charge is -2.03. The number of halogens is 2. The van der Waals surface area contributed by atoms with E-state index in [0.29, 0.717) is 11.4 Å². The molecule has 0 amide bonds. The Balaban J connectivity index is 2.86. The lowest BCUT2D eigenvalue weighted by Crippen LogP contribution is -1.90. The quantitative estimate of drug-likeness (QED) is 0.698. The average Bonchev–Trinajstić information content (AvgIpc) is 2.21. The summed E-state index contributed by atoms with van der Waals surface area (Å²) in [5.74, 6) is 0.473. The van der Waals surface area contributed by atoms with Crippen molar-refractivity contribution in [2.75, 3.05) is 13.0 Å². The van der Waals surface area contributed by atoms with Gasteiger partial charge in [-0.15, -0.1) is 11.6 Å². The summed E-state index contributed by atoms with van der Waals surface area (Å²) in [6, 6.07) is 5.04. The maximum atomic E-state index is 13.5. The van der Waals surface area contributed by atoms with Gasteiger partial charge in [0.25, 0.3) is 0 Å². The molecule has 0 heterocycles. The Bertz CT molecular complexity index is 323. The summed E-state index contributed by atoms with van der Waals surface area (Å²) in [7, 11) is 1.45. The molecule has 0 spiro atoms. The van der Waals surface area contributed by atoms with Crippen molar-refractivity contribution in [1.29, 1.82) is 0 Å². The summed E-state index contributed by atoms with van der Waals surface area (Å²) in [4.78, 5) is 0. The van der Waals surface area contributed by atoms with E-state index in [1.165, 1.54) is 7.11 Å². The summed E-state index contributed by atoms with van der Waals surface area (Å²) >= 11 is 5.50. The van der Waals surface area contributed by atoms with E-state index < -0.39 is 0 Å². The highest BCUT2D eigenvalue weighted by Gasteiger charge is 2.04. The molecule has 0 N–H and O–H groups in total. The zero-order chi connectivity index (χ0) is 10.4. The molecule has 0 aliphatic rings. The van der Waals surface area contributed by atoms with Crippen LogP contribution < -0.4 is 4.74 Å². The van der Waals surface area contributed by atoms with Gasteiger partial charge in [0.2, 0.25) is 0 Å². The number of allylic oxidation sites excluding steroid dienone is 1. The summed E-state index contributed by atoms with van der Waals surface area (Å²) in [6.07, 6.45) is 4.28. The van der Waals surface area contributed by atoms with E-state index in [0.717, 1.165) is 6.42 Å². The van der Waals surface area contributed by atoms with Crippen molar-refractivity contribution in [2.24, 2.45) is 0 Å². The van der Waals surface area contributed by atoms with Crippen LogP contribution in [0.2, 0.25) is 0 Å². The van der Waals surface area contributed by atoms with Crippen molar-refractivity contribution >= 4 is 17.7 Å². The first-order valence-electron chi connectivity index (χ1n) is 4.34. The first-order valence-corrected chi connectivity index (χ1v) is 4.88. The highest BCUT2D eigenvalue weighted by atomic mass is 35.5. The molecular formula is C11H12ClFO. The fraction of sp³-hybridized carbons (Fsp3) is 0.273. The van der Waals surface area contributed by atoms with E-state index in [4.69, 9.17) is 16.3 Å². The largest absolute Gasteiger partial charge is 0.494 e. The Hall–Kier alpha value is -1.02. The van der Waals surface area contributed by atoms with Crippen LogP contribution in [0.5, 0.6) is 5.75 Å². The molecule has 0 atom stereocenters. The van der Waals surface area contributed by atoms with Crippen LogP contribution in [0.25, 0.3) is 6.08 Å². The monoisotopic (exact) mass is 214 g/mol. The van der Waals surface area contributed by atoms with Crippen LogP contribution >= 0.6 is 11.6 Å². The molecule has 14 heavy (non-hydrogen) atoms. The minimum absolute atomic E-state index is 0.262. The van der Waals surface area contributed by atoms with Gasteiger partial charge in [0, 0.05) is 11.4 Å². The van der Waals surface area contributed by atoms with Crippen LogP contribution in [0.15, 0.2) is 24.3 Å². The predicted molar refractivity (Wildman–Crippen MR) is 57.3 cm³/mol. The Kier molecular flexibility index (Phi) is 4.47. The van der Waals surface area contributed by atoms with Crippen LogP contribution in [0.1, 0.15) is 12.0 Å². The maximum absolute atomic E-state index is 13.5. The second-order valence-corrected chi connectivity index (χ2v) is 3.12. The van der Waals surface area contributed by atoms with Gasteiger partial charge in [-0.25, -0.2) is 4.39 Å². The van der Waals surface area contributed by atoms with Crippen LogP contribution in [-0.2, 0) is 0 Å². The van der Waals surface area contributed by atoms with Gasteiger partial charge >= 0.3 is 0 Å². The predicted octanol–water partition coefficient (Wildman–Crippen LogP) is 3.48. The SMILES string of the molecule is COc1cccc(/C=C/CCCl)c1F. The molecule has 0 aliphatic heterocycles. The first kappa shape index (κ1) is 11.1. The number of hydrogen-bond donors (Lipinski definition) is 0. The topological polar surface area (TPSA) is 9.23 Å². The van der Waals surface area contributed by atoms with Gasteiger partial charge in [-0.3, -0.25) is 0 Å². The smallest absolute Gasteiger partial charge is 0.172 e. The van der Waals surface area contributed by atoms with E-state index in [2.05, 4.69) is 0 Å². The van der Waals surface area contributed by atoms with Crippen molar-refractivity contribution in [3.05, 3.63) is 35.7 Å². The van der Waals surface area contributed by atoms with Crippen molar-refractivity contribution in [2.45, 2.75) is 6.42 Å². The minimum Gasteiger partial charge on any atom is -0.494 e. The third-order valence-electron chi connectivity index (χ3n) is 1.79. The fourth-order valence-electron chi connectivity index (χ4n) is 1.09. The second kappa shape index (κ2) is 5.66. The Morgan fingerprint density at radius 1 is 1.50 bits per heavy atom. The van der Waals surface area contributed by atoms with Gasteiger partial charge < -0.3 is 4.74 Å². The number of hydrogen-bond acceptors (Lipinski definition) is 1. The van der Waals surface area contributed by atoms with Crippen LogP contribution in [-0.4, -0.2) is 13.0 Å². The summed E-state index contributed by atoms with van der Waals surface area (Å²) in [5.41, 5.74) is 0.523. The van der Waals surface area contributed by atoms with Crippen molar-refractivity contribution in [1.82, 2.24) is 0 Å². The Labute approximate surface area is 88.1 Å². The van der Waals surface area contributed by atoms with Gasteiger partial charge in [0.1, 0.15) is 0 Å². The molecule has 0 aromatic heterocycles. The molecule has 0 saturated carbocycles. The molecule has 1 rings (SSSR count). The third-order valence-corrected chi connectivity index (χ3v) is 2.00. The Morgan fingerprint density at radius 3 is 2.93 bits per heavy atom. The Morgan fingerprint density at radius 2 is 2.29 bits per heavy atom. The lowest BCUT2D eigenvalue weighted by molar-refractivity contribution is 0.386. The standard InChI is InChI=1S/C11H12ClFO/c1-14-10-7-4-6-9(11(10)13)5-2-3-8-12/h2,4-7H,3,8H2,1H3/b5-2+. The second-order valence-electron chi connectivity index (χ2n) is 2.74. The van der Waals surface area contributed by atoms with Gasteiger partial charge in [0.05, 0.1) is 7.11 Å². The van der Waals surface area contributed by atoms with Crippen LogP contribution in [0.3, 0.4) is 0 Å². The fourth-order valence-corrected chi connectivity index (χ4v) is 1.21. The molecule has 1 aromatic rings. The highest BCUT2D eigenvalue weighted by Crippen LogP contribution is 2.20. The van der Waals surface area contributed by atoms with E-state index >= 15 is 0 Å². The van der Waals surface area contributed by atoms with Gasteiger partial charge in [0.15, 0.2) is 11.6 Å². The van der Waals surface area contributed by atoms with Crippen LogP contribution in [0.4, 0.5) is 4.39 Å². The van der Waals surface area contributed by atoms with E-state index in [1.54, 1.807) is 24.3 Å².